The maximum absolute atomic E-state index is 12.8. The maximum atomic E-state index is 12.8. The van der Waals surface area contributed by atoms with Gasteiger partial charge in [-0.1, -0.05) is 49.4 Å². The highest BCUT2D eigenvalue weighted by molar-refractivity contribution is 7.99. The Morgan fingerprint density at radius 3 is 2.59 bits per heavy atom. The summed E-state index contributed by atoms with van der Waals surface area (Å²) < 4.78 is 13.2. The van der Waals surface area contributed by atoms with Crippen LogP contribution in [0.3, 0.4) is 0 Å². The number of carbonyl (C=O) groups is 1. The number of aromatic nitrogens is 3. The van der Waals surface area contributed by atoms with Crippen LogP contribution in [0, 0.1) is 0 Å². The van der Waals surface area contributed by atoms with Crippen LogP contribution in [0.15, 0.2) is 53.7 Å². The summed E-state index contributed by atoms with van der Waals surface area (Å²) in [4.78, 5) is 12.8. The number of nitrogens with zero attached hydrogens (tertiary/aromatic N) is 3. The van der Waals surface area contributed by atoms with Gasteiger partial charge in [0.15, 0.2) is 16.8 Å². The summed E-state index contributed by atoms with van der Waals surface area (Å²) in [5, 5.41) is 9.61. The Balaban J connectivity index is 1.51. The molecular weight excluding hydrogens is 422 g/mol. The lowest BCUT2D eigenvalue weighted by molar-refractivity contribution is 0.0953. The van der Waals surface area contributed by atoms with Crippen LogP contribution in [0.1, 0.15) is 42.1 Å². The normalized spacial score (nSPS) is 15.8. The van der Waals surface area contributed by atoms with Crippen molar-refractivity contribution in [2.45, 2.75) is 50.4 Å². The molecule has 2 aromatic carbocycles. The van der Waals surface area contributed by atoms with Crippen LogP contribution in [-0.2, 0) is 17.7 Å². The van der Waals surface area contributed by atoms with E-state index >= 15 is 0 Å². The zero-order chi connectivity index (χ0) is 22.3. The Bertz CT molecular complexity index is 1030. The molecule has 0 bridgehead atoms. The lowest BCUT2D eigenvalue weighted by Crippen LogP contribution is -2.17. The summed E-state index contributed by atoms with van der Waals surface area (Å²) in [6.07, 6.45) is 4.36. The van der Waals surface area contributed by atoms with Gasteiger partial charge < -0.3 is 9.47 Å². The Labute approximate surface area is 193 Å². The van der Waals surface area contributed by atoms with E-state index in [-0.39, 0.29) is 11.9 Å². The molecule has 0 spiro atoms. The second kappa shape index (κ2) is 10.8. The van der Waals surface area contributed by atoms with E-state index < -0.39 is 0 Å². The van der Waals surface area contributed by atoms with Crippen LogP contribution >= 0.6 is 11.8 Å². The summed E-state index contributed by atoms with van der Waals surface area (Å²) in [6.45, 7) is 3.62. The highest BCUT2D eigenvalue weighted by atomic mass is 32.2. The summed E-state index contributed by atoms with van der Waals surface area (Å²) in [5.41, 5.74) is 2.95. The van der Waals surface area contributed by atoms with Gasteiger partial charge in [-0.05, 0) is 49.1 Å². The third-order valence-electron chi connectivity index (χ3n) is 5.62. The molecule has 1 fully saturated rings. The van der Waals surface area contributed by atoms with Gasteiger partial charge in [-0.25, -0.2) is 0 Å². The van der Waals surface area contributed by atoms with Gasteiger partial charge >= 0.3 is 0 Å². The van der Waals surface area contributed by atoms with Crippen molar-refractivity contribution in [3.63, 3.8) is 0 Å². The monoisotopic (exact) mass is 451 g/mol. The van der Waals surface area contributed by atoms with Crippen molar-refractivity contribution < 1.29 is 14.3 Å². The first-order chi connectivity index (χ1) is 15.7. The topological polar surface area (TPSA) is 66.2 Å². The number of hydrogen-bond acceptors (Lipinski definition) is 6. The molecule has 7 heteroatoms. The fourth-order valence-electron chi connectivity index (χ4n) is 3.87. The van der Waals surface area contributed by atoms with E-state index in [9.17, 15) is 4.79 Å². The average molecular weight is 452 g/mol. The number of ketones is 1. The fraction of sp³-hybridized carbons (Fsp3) is 0.400. The number of methoxy groups -OCH3 is 1. The Kier molecular flexibility index (Phi) is 7.60. The number of benzene rings is 2. The molecule has 1 unspecified atom stereocenters. The highest BCUT2D eigenvalue weighted by Gasteiger charge is 2.22. The molecule has 1 aliphatic heterocycles. The zero-order valence-electron chi connectivity index (χ0n) is 18.6. The van der Waals surface area contributed by atoms with Crippen LogP contribution in [0.4, 0.5) is 0 Å². The molecule has 0 aliphatic carbocycles. The van der Waals surface area contributed by atoms with Crippen LogP contribution in [0.25, 0.3) is 11.4 Å². The minimum atomic E-state index is 0.0933. The Morgan fingerprint density at radius 2 is 1.94 bits per heavy atom. The summed E-state index contributed by atoms with van der Waals surface area (Å²) in [7, 11) is 1.65. The molecule has 1 aromatic heterocycles. The van der Waals surface area contributed by atoms with Gasteiger partial charge in [0.1, 0.15) is 5.75 Å². The van der Waals surface area contributed by atoms with Gasteiger partial charge in [-0.3, -0.25) is 9.36 Å². The molecule has 4 rings (SSSR count). The number of rotatable bonds is 10. The molecule has 32 heavy (non-hydrogen) atoms. The highest BCUT2D eigenvalue weighted by Crippen LogP contribution is 2.28. The molecule has 3 aromatic rings. The first-order valence-corrected chi connectivity index (χ1v) is 12.1. The molecule has 1 saturated heterocycles. The van der Waals surface area contributed by atoms with Gasteiger partial charge in [0.05, 0.1) is 25.5 Å². The SMILES string of the molecule is CCCc1ccc(C(=O)CSc2nnc(-c3ccc(OC)cc3)n2CC2CCCO2)cc1. The minimum Gasteiger partial charge on any atom is -0.497 e. The standard InChI is InChI=1S/C25H29N3O3S/c1-3-5-18-7-9-19(10-8-18)23(29)17-32-25-27-26-24(20-11-13-21(30-2)14-12-20)28(25)16-22-6-4-15-31-22/h7-14,22H,3-6,15-17H2,1-2H3. The van der Waals surface area contributed by atoms with E-state index in [1.807, 2.05) is 48.5 Å². The predicted octanol–water partition coefficient (Wildman–Crippen LogP) is 5.06. The molecule has 2 heterocycles. The maximum Gasteiger partial charge on any atom is 0.192 e. The number of aryl methyl sites for hydroxylation is 1. The Hall–Kier alpha value is -2.64. The van der Waals surface area contributed by atoms with Gasteiger partial charge in [0, 0.05) is 17.7 Å². The smallest absolute Gasteiger partial charge is 0.192 e. The third-order valence-corrected chi connectivity index (χ3v) is 6.59. The lowest BCUT2D eigenvalue weighted by Gasteiger charge is -2.15. The minimum absolute atomic E-state index is 0.0933. The number of Topliss-reactive ketones (excluding diaryl/α,β-unsaturated/α-hetero) is 1. The second-order valence-corrected chi connectivity index (χ2v) is 8.88. The van der Waals surface area contributed by atoms with Crippen LogP contribution in [-0.4, -0.2) is 46.1 Å². The molecule has 168 valence electrons. The molecule has 0 saturated carbocycles. The quantitative estimate of drug-likeness (QED) is 0.317. The molecule has 0 amide bonds. The van der Waals surface area contributed by atoms with Gasteiger partial charge in [-0.15, -0.1) is 10.2 Å². The largest absolute Gasteiger partial charge is 0.497 e. The van der Waals surface area contributed by atoms with Crippen LogP contribution < -0.4 is 4.74 Å². The molecule has 1 atom stereocenters. The number of hydrogen-bond donors (Lipinski definition) is 0. The fourth-order valence-corrected chi connectivity index (χ4v) is 4.71. The van der Waals surface area contributed by atoms with Crippen molar-refractivity contribution in [3.05, 3.63) is 59.7 Å². The van der Waals surface area contributed by atoms with Crippen molar-refractivity contribution in [2.24, 2.45) is 0 Å². The number of carbonyl (C=O) groups excluding carboxylic acids is 1. The van der Waals surface area contributed by atoms with Crippen LogP contribution in [0.2, 0.25) is 0 Å². The lowest BCUT2D eigenvalue weighted by atomic mass is 10.1. The van der Waals surface area contributed by atoms with Gasteiger partial charge in [0.25, 0.3) is 0 Å². The van der Waals surface area contributed by atoms with Gasteiger partial charge in [0.2, 0.25) is 0 Å². The molecule has 6 nitrogen and oxygen atoms in total. The first kappa shape index (κ1) is 22.6. The summed E-state index contributed by atoms with van der Waals surface area (Å²) in [6, 6.07) is 15.7. The van der Waals surface area contributed by atoms with E-state index in [0.717, 1.165) is 60.1 Å². The van der Waals surface area contributed by atoms with E-state index in [1.165, 1.54) is 17.3 Å². The molecule has 0 radical (unpaired) electrons. The van der Waals surface area contributed by atoms with E-state index in [2.05, 4.69) is 21.7 Å². The average Bonchev–Trinajstić information content (AvgIpc) is 3.49. The van der Waals surface area contributed by atoms with Crippen LogP contribution in [0.5, 0.6) is 5.75 Å². The first-order valence-electron chi connectivity index (χ1n) is 11.1. The number of ether oxygens (including phenoxy) is 2. The number of thioether (sulfide) groups is 1. The van der Waals surface area contributed by atoms with Crippen molar-refractivity contribution in [1.29, 1.82) is 0 Å². The van der Waals surface area contributed by atoms with E-state index in [4.69, 9.17) is 9.47 Å². The van der Waals surface area contributed by atoms with Gasteiger partial charge in [-0.2, -0.15) is 0 Å². The summed E-state index contributed by atoms with van der Waals surface area (Å²) in [5.74, 6) is 1.99. The van der Waals surface area contributed by atoms with E-state index in [1.54, 1.807) is 7.11 Å². The molecule has 0 N–H and O–H groups in total. The third kappa shape index (κ3) is 5.40. The second-order valence-electron chi connectivity index (χ2n) is 7.94. The van der Waals surface area contributed by atoms with E-state index in [0.29, 0.717) is 12.3 Å². The molecule has 1 aliphatic rings. The van der Waals surface area contributed by atoms with Crippen molar-refractivity contribution in [3.8, 4) is 17.1 Å². The Morgan fingerprint density at radius 1 is 1.16 bits per heavy atom. The predicted molar refractivity (Wildman–Crippen MR) is 126 cm³/mol. The zero-order valence-corrected chi connectivity index (χ0v) is 19.4. The molecular formula is C25H29N3O3S. The summed E-state index contributed by atoms with van der Waals surface area (Å²) >= 11 is 1.43. The van der Waals surface area contributed by atoms with Crippen molar-refractivity contribution in [1.82, 2.24) is 14.8 Å². The van der Waals surface area contributed by atoms with Crippen molar-refractivity contribution in [2.75, 3.05) is 19.5 Å². The van der Waals surface area contributed by atoms with Crippen molar-refractivity contribution >= 4 is 17.5 Å².